The molecule has 0 aliphatic carbocycles. The molecule has 2 heterocycles. The summed E-state index contributed by atoms with van der Waals surface area (Å²) in [5.41, 5.74) is 2.38. The van der Waals surface area contributed by atoms with Gasteiger partial charge in [-0.25, -0.2) is 0 Å². The first-order valence-corrected chi connectivity index (χ1v) is 6.55. The maximum absolute atomic E-state index is 11.4. The summed E-state index contributed by atoms with van der Waals surface area (Å²) in [7, 11) is 2.03. The van der Waals surface area contributed by atoms with Gasteiger partial charge in [0.25, 0.3) is 5.91 Å². The molecule has 1 fully saturated rings. The number of fused-ring (bicyclic) bond motifs is 1. The second kappa shape index (κ2) is 4.51. The number of nitrogens with one attached hydrogen (secondary N) is 1. The van der Waals surface area contributed by atoms with E-state index in [-0.39, 0.29) is 12.0 Å². The predicted molar refractivity (Wildman–Crippen MR) is 72.3 cm³/mol. The number of benzene rings is 1. The molecule has 5 heteroatoms. The van der Waals surface area contributed by atoms with Crippen LogP contribution in [0.2, 0.25) is 0 Å². The second-order valence-corrected chi connectivity index (χ2v) is 5.21. The molecule has 3 rings (SSSR count). The van der Waals surface area contributed by atoms with Gasteiger partial charge in [0.2, 0.25) is 0 Å². The number of carbonyl (C=O) groups excluding carboxylic acids is 1. The molecule has 2 aliphatic heterocycles. The van der Waals surface area contributed by atoms with Gasteiger partial charge in [-0.2, -0.15) is 0 Å². The molecule has 0 saturated carbocycles. The van der Waals surface area contributed by atoms with Crippen LogP contribution in [-0.4, -0.2) is 36.8 Å². The fourth-order valence-corrected chi connectivity index (χ4v) is 2.87. The summed E-state index contributed by atoms with van der Waals surface area (Å²) in [5, 5.41) is 12.4. The number of aliphatic hydroxyl groups is 1. The lowest BCUT2D eigenvalue weighted by Crippen LogP contribution is -2.36. The lowest BCUT2D eigenvalue weighted by Gasteiger charge is -2.29. The topological polar surface area (TPSA) is 61.8 Å². The summed E-state index contributed by atoms with van der Waals surface area (Å²) in [6.45, 7) is 2.86. The number of nitrogens with zero attached hydrogens (tertiary/aromatic N) is 1. The minimum Gasteiger partial charge on any atom is -0.378 e. The fourth-order valence-electron chi connectivity index (χ4n) is 2.87. The third kappa shape index (κ3) is 1.99. The van der Waals surface area contributed by atoms with Gasteiger partial charge in [0.1, 0.15) is 0 Å². The van der Waals surface area contributed by atoms with Gasteiger partial charge >= 0.3 is 0 Å². The molecule has 1 aromatic carbocycles. The van der Waals surface area contributed by atoms with Crippen LogP contribution in [-0.2, 0) is 9.53 Å². The van der Waals surface area contributed by atoms with Crippen LogP contribution in [0.25, 0.3) is 0 Å². The van der Waals surface area contributed by atoms with Crippen LogP contribution in [0.1, 0.15) is 25.0 Å². The number of anilines is 2. The Labute approximate surface area is 112 Å². The predicted octanol–water partition coefficient (Wildman–Crippen LogP) is 1.29. The molecule has 102 valence electrons. The molecule has 0 aromatic heterocycles. The van der Waals surface area contributed by atoms with E-state index in [0.717, 1.165) is 18.7 Å². The van der Waals surface area contributed by atoms with Gasteiger partial charge in [0, 0.05) is 30.6 Å². The fraction of sp³-hybridized carbons (Fsp3) is 0.500. The maximum atomic E-state index is 11.4. The SMILES string of the molecule is CC1OCCC1N(C)c1ccc2c(c1)NC(=O)C2O. The summed E-state index contributed by atoms with van der Waals surface area (Å²) < 4.78 is 5.58. The van der Waals surface area contributed by atoms with Crippen LogP contribution in [0, 0.1) is 0 Å². The number of ether oxygens (including phenoxy) is 1. The Morgan fingerprint density at radius 2 is 2.26 bits per heavy atom. The molecule has 19 heavy (non-hydrogen) atoms. The average molecular weight is 262 g/mol. The molecule has 2 N–H and O–H groups in total. The standard InChI is InChI=1S/C14H18N2O3/c1-8-12(5-6-19-8)16(2)9-3-4-10-11(7-9)15-14(18)13(10)17/h3-4,7-8,12-13,17H,5-6H2,1-2H3,(H,15,18). The van der Waals surface area contributed by atoms with Crippen LogP contribution < -0.4 is 10.2 Å². The maximum Gasteiger partial charge on any atom is 0.257 e. The van der Waals surface area contributed by atoms with Gasteiger partial charge in [-0.05, 0) is 25.5 Å². The first-order valence-electron chi connectivity index (χ1n) is 6.55. The van der Waals surface area contributed by atoms with Crippen LogP contribution in [0.15, 0.2) is 18.2 Å². The summed E-state index contributed by atoms with van der Waals surface area (Å²) in [4.78, 5) is 13.6. The first kappa shape index (κ1) is 12.4. The molecule has 1 aromatic rings. The van der Waals surface area contributed by atoms with Crippen molar-refractivity contribution in [2.24, 2.45) is 0 Å². The smallest absolute Gasteiger partial charge is 0.257 e. The van der Waals surface area contributed by atoms with E-state index in [0.29, 0.717) is 17.3 Å². The van der Waals surface area contributed by atoms with Crippen molar-refractivity contribution in [1.82, 2.24) is 0 Å². The van der Waals surface area contributed by atoms with Gasteiger partial charge in [0.15, 0.2) is 6.10 Å². The summed E-state index contributed by atoms with van der Waals surface area (Å²) in [6.07, 6.45) is 0.172. The highest BCUT2D eigenvalue weighted by Gasteiger charge is 2.31. The Morgan fingerprint density at radius 3 is 2.95 bits per heavy atom. The summed E-state index contributed by atoms with van der Waals surface area (Å²) in [5.74, 6) is -0.354. The van der Waals surface area contributed by atoms with E-state index >= 15 is 0 Å². The van der Waals surface area contributed by atoms with Crippen LogP contribution in [0.3, 0.4) is 0 Å². The van der Waals surface area contributed by atoms with E-state index < -0.39 is 6.10 Å². The lowest BCUT2D eigenvalue weighted by atomic mass is 10.1. The zero-order valence-corrected chi connectivity index (χ0v) is 11.1. The first-order chi connectivity index (χ1) is 9.08. The third-order valence-electron chi connectivity index (χ3n) is 4.08. The number of likely N-dealkylation sites (N-methyl/N-ethyl adjacent to an activating group) is 1. The molecule has 1 amide bonds. The van der Waals surface area contributed by atoms with Crippen molar-refractivity contribution >= 4 is 17.3 Å². The monoisotopic (exact) mass is 262 g/mol. The van der Waals surface area contributed by atoms with E-state index in [4.69, 9.17) is 4.74 Å². The normalized spacial score (nSPS) is 29.2. The summed E-state index contributed by atoms with van der Waals surface area (Å²) in [6, 6.07) is 6.01. The van der Waals surface area contributed by atoms with E-state index in [2.05, 4.69) is 17.1 Å². The van der Waals surface area contributed by atoms with Gasteiger partial charge in [0.05, 0.1) is 12.1 Å². The molecule has 3 atom stereocenters. The minimum absolute atomic E-state index is 0.207. The van der Waals surface area contributed by atoms with Gasteiger partial charge in [-0.3, -0.25) is 4.79 Å². The zero-order chi connectivity index (χ0) is 13.6. The Hall–Kier alpha value is -1.59. The average Bonchev–Trinajstić information content (AvgIpc) is 2.93. The molecule has 0 radical (unpaired) electrons. The van der Waals surface area contributed by atoms with E-state index in [1.807, 2.05) is 25.2 Å². The Bertz CT molecular complexity index is 517. The molecule has 3 unspecified atom stereocenters. The largest absolute Gasteiger partial charge is 0.378 e. The number of carbonyl (C=O) groups is 1. The number of hydrogen-bond acceptors (Lipinski definition) is 4. The highest BCUT2D eigenvalue weighted by Crippen LogP contribution is 2.35. The van der Waals surface area contributed by atoms with Crippen LogP contribution in [0.4, 0.5) is 11.4 Å². The second-order valence-electron chi connectivity index (χ2n) is 5.21. The minimum atomic E-state index is -1.04. The summed E-state index contributed by atoms with van der Waals surface area (Å²) >= 11 is 0. The van der Waals surface area contributed by atoms with Gasteiger partial charge < -0.3 is 20.1 Å². The van der Waals surface area contributed by atoms with Crippen molar-refractivity contribution in [2.75, 3.05) is 23.9 Å². The Kier molecular flexibility index (Phi) is 2.95. The molecule has 0 bridgehead atoms. The highest BCUT2D eigenvalue weighted by molar-refractivity contribution is 6.02. The lowest BCUT2D eigenvalue weighted by molar-refractivity contribution is -0.123. The van der Waals surface area contributed by atoms with Crippen molar-refractivity contribution in [3.8, 4) is 0 Å². The van der Waals surface area contributed by atoms with Crippen molar-refractivity contribution < 1.29 is 14.6 Å². The molecular formula is C14H18N2O3. The third-order valence-corrected chi connectivity index (χ3v) is 4.08. The van der Waals surface area contributed by atoms with E-state index in [1.54, 1.807) is 0 Å². The van der Waals surface area contributed by atoms with E-state index in [9.17, 15) is 9.90 Å². The van der Waals surface area contributed by atoms with Crippen molar-refractivity contribution in [1.29, 1.82) is 0 Å². The van der Waals surface area contributed by atoms with Crippen molar-refractivity contribution in [3.63, 3.8) is 0 Å². The van der Waals surface area contributed by atoms with Gasteiger partial charge in [-0.15, -0.1) is 0 Å². The zero-order valence-electron chi connectivity index (χ0n) is 11.1. The Balaban J connectivity index is 1.87. The molecule has 2 aliphatic rings. The molecule has 0 spiro atoms. The van der Waals surface area contributed by atoms with Crippen molar-refractivity contribution in [3.05, 3.63) is 23.8 Å². The van der Waals surface area contributed by atoms with Crippen molar-refractivity contribution in [2.45, 2.75) is 31.6 Å². The van der Waals surface area contributed by atoms with Gasteiger partial charge in [-0.1, -0.05) is 6.07 Å². The number of amides is 1. The van der Waals surface area contributed by atoms with E-state index in [1.165, 1.54) is 0 Å². The highest BCUT2D eigenvalue weighted by atomic mass is 16.5. The molecule has 1 saturated heterocycles. The Morgan fingerprint density at radius 1 is 1.47 bits per heavy atom. The van der Waals surface area contributed by atoms with Crippen LogP contribution in [0.5, 0.6) is 0 Å². The molecule has 5 nitrogen and oxygen atoms in total. The number of rotatable bonds is 2. The quantitative estimate of drug-likeness (QED) is 0.843. The number of aliphatic hydroxyl groups excluding tert-OH is 1. The molecular weight excluding hydrogens is 244 g/mol. The number of hydrogen-bond donors (Lipinski definition) is 2. The van der Waals surface area contributed by atoms with Crippen LogP contribution >= 0.6 is 0 Å².